The lowest BCUT2D eigenvalue weighted by atomic mass is 10.0. The number of hydrogen-bond donors (Lipinski definition) is 1. The lowest BCUT2D eigenvalue weighted by Gasteiger charge is -2.25. The Hall–Kier alpha value is -1.71. The number of carbonyl (C=O) groups is 3. The van der Waals surface area contributed by atoms with E-state index in [1.165, 1.54) is 308 Å². The third-order valence-corrected chi connectivity index (χ3v) is 16.4. The van der Waals surface area contributed by atoms with E-state index in [0.717, 1.165) is 38.5 Å². The number of ether oxygens (including phenoxy) is 4. The maximum Gasteiger partial charge on any atom is 0.361 e. The maximum absolute atomic E-state index is 12.9. The second kappa shape index (κ2) is 62.3. The quantitative estimate of drug-likeness (QED) is 0.0278. The fraction of sp³-hybridized carbons (Fsp3) is 0.957. The highest BCUT2D eigenvalue weighted by Crippen LogP contribution is 2.20. The van der Waals surface area contributed by atoms with E-state index >= 15 is 0 Å². The zero-order chi connectivity index (χ0) is 57.6. The number of hydrogen-bond acceptors (Lipinski definition) is 7. The molecule has 0 fully saturated rings. The van der Waals surface area contributed by atoms with Crippen molar-refractivity contribution in [3.63, 3.8) is 0 Å². The summed E-state index contributed by atoms with van der Waals surface area (Å²) in [6.45, 7) is 4.95. The van der Waals surface area contributed by atoms with Gasteiger partial charge in [-0.2, -0.15) is 0 Å². The van der Waals surface area contributed by atoms with Crippen LogP contribution in [0.4, 0.5) is 0 Å². The number of aliphatic carboxylic acids is 1. The van der Waals surface area contributed by atoms with Crippen LogP contribution in [0.5, 0.6) is 0 Å². The summed E-state index contributed by atoms with van der Waals surface area (Å²) in [5.41, 5.74) is 0. The van der Waals surface area contributed by atoms with Gasteiger partial charge in [-0.3, -0.25) is 9.59 Å². The van der Waals surface area contributed by atoms with Crippen LogP contribution in [-0.4, -0.2) is 87.4 Å². The zero-order valence-electron chi connectivity index (χ0n) is 53.8. The first-order chi connectivity index (χ1) is 38.6. The first-order valence-electron chi connectivity index (χ1n) is 35.2. The Kier molecular flexibility index (Phi) is 61.0. The van der Waals surface area contributed by atoms with Gasteiger partial charge in [0, 0.05) is 12.8 Å². The standard InChI is InChI=1S/C70H137NO8/c1-6-8-10-12-14-16-18-20-21-22-23-24-25-26-27-28-29-30-31-32-33-34-35-36-37-38-39-40-41-42-43-44-45-46-47-49-51-53-55-57-59-61-68(73)79-66(65-78-70(69(74)75)76-63-62-71(3,4)5)64-77-67(72)60-58-56-54-52-50-48-19-17-15-13-11-9-7-2/h66,70H,6-65H2,1-5H3/p+1. The number of nitrogens with zero attached hydrogens (tertiary/aromatic N) is 1. The minimum absolute atomic E-state index is 0.173. The molecule has 9 nitrogen and oxygen atoms in total. The van der Waals surface area contributed by atoms with Crippen LogP contribution in [0.2, 0.25) is 0 Å². The van der Waals surface area contributed by atoms with Crippen molar-refractivity contribution in [1.29, 1.82) is 0 Å². The Morgan fingerprint density at radius 3 is 0.810 bits per heavy atom. The normalized spacial score (nSPS) is 12.6. The molecular weight excluding hydrogens is 983 g/mol. The van der Waals surface area contributed by atoms with Crippen molar-refractivity contribution in [3.05, 3.63) is 0 Å². The van der Waals surface area contributed by atoms with Crippen LogP contribution in [-0.2, 0) is 33.3 Å². The van der Waals surface area contributed by atoms with Crippen molar-refractivity contribution in [2.45, 2.75) is 386 Å². The fourth-order valence-electron chi connectivity index (χ4n) is 11.0. The second-order valence-corrected chi connectivity index (χ2v) is 25.6. The van der Waals surface area contributed by atoms with E-state index in [2.05, 4.69) is 13.8 Å². The van der Waals surface area contributed by atoms with Crippen molar-refractivity contribution >= 4 is 17.9 Å². The van der Waals surface area contributed by atoms with Gasteiger partial charge in [-0.1, -0.05) is 348 Å². The molecule has 1 N–H and O–H groups in total. The molecule has 0 saturated carbocycles. The van der Waals surface area contributed by atoms with Crippen molar-refractivity contribution < 1.29 is 42.9 Å². The fourth-order valence-corrected chi connectivity index (χ4v) is 11.0. The number of esters is 2. The molecule has 470 valence electrons. The van der Waals surface area contributed by atoms with Gasteiger partial charge in [0.05, 0.1) is 34.4 Å². The van der Waals surface area contributed by atoms with Crippen molar-refractivity contribution in [2.75, 3.05) is 47.5 Å². The van der Waals surface area contributed by atoms with E-state index in [-0.39, 0.29) is 38.2 Å². The highest BCUT2D eigenvalue weighted by atomic mass is 16.7. The summed E-state index contributed by atoms with van der Waals surface area (Å²) in [6, 6.07) is 0. The Labute approximate surface area is 492 Å². The summed E-state index contributed by atoms with van der Waals surface area (Å²) >= 11 is 0. The number of likely N-dealkylation sites (N-methyl/N-ethyl adjacent to an activating group) is 1. The van der Waals surface area contributed by atoms with Crippen LogP contribution in [0, 0.1) is 0 Å². The first kappa shape index (κ1) is 77.3. The largest absolute Gasteiger partial charge is 0.477 e. The predicted octanol–water partition coefficient (Wildman–Crippen LogP) is 21.5. The average molecular weight is 1120 g/mol. The highest BCUT2D eigenvalue weighted by molar-refractivity contribution is 5.71. The molecule has 0 rings (SSSR count). The molecule has 0 aromatic rings. The molecule has 0 spiro atoms. The number of rotatable bonds is 67. The lowest BCUT2D eigenvalue weighted by molar-refractivity contribution is -0.870. The van der Waals surface area contributed by atoms with Crippen LogP contribution in [0.1, 0.15) is 373 Å². The van der Waals surface area contributed by atoms with Crippen LogP contribution >= 0.6 is 0 Å². The van der Waals surface area contributed by atoms with Crippen molar-refractivity contribution in [3.8, 4) is 0 Å². The second-order valence-electron chi connectivity index (χ2n) is 25.6. The zero-order valence-corrected chi connectivity index (χ0v) is 53.8. The van der Waals surface area contributed by atoms with Gasteiger partial charge in [0.15, 0.2) is 6.10 Å². The van der Waals surface area contributed by atoms with Crippen molar-refractivity contribution in [2.24, 2.45) is 0 Å². The Balaban J connectivity index is 3.83. The van der Waals surface area contributed by atoms with Gasteiger partial charge < -0.3 is 28.5 Å². The van der Waals surface area contributed by atoms with E-state index < -0.39 is 18.4 Å². The van der Waals surface area contributed by atoms with E-state index in [1.54, 1.807) is 0 Å². The number of quaternary nitrogens is 1. The number of carboxylic acids is 1. The molecule has 0 amide bonds. The number of carboxylic acid groups (broad SMARTS) is 1. The van der Waals surface area contributed by atoms with E-state index in [0.29, 0.717) is 17.4 Å². The Bertz CT molecular complexity index is 1260. The monoisotopic (exact) mass is 1120 g/mol. The molecule has 0 radical (unpaired) electrons. The van der Waals surface area contributed by atoms with Crippen LogP contribution in [0.15, 0.2) is 0 Å². The van der Waals surface area contributed by atoms with Gasteiger partial charge in [0.2, 0.25) is 0 Å². The molecule has 2 unspecified atom stereocenters. The van der Waals surface area contributed by atoms with E-state index in [1.807, 2.05) is 21.1 Å². The number of carbonyl (C=O) groups excluding carboxylic acids is 2. The SMILES string of the molecule is CCCCCCCCCCCCCCCCCCCCCCCCCCCCCCCCCCCCCCCCCCCC(=O)OC(COC(=O)CCCCCCCCCCCCCCC)COC(OCC[N+](C)(C)C)C(=O)O. The molecule has 9 heteroatoms. The van der Waals surface area contributed by atoms with Gasteiger partial charge in [-0.25, -0.2) is 4.79 Å². The van der Waals surface area contributed by atoms with Crippen molar-refractivity contribution in [1.82, 2.24) is 0 Å². The van der Waals surface area contributed by atoms with Gasteiger partial charge >= 0.3 is 17.9 Å². The molecule has 0 saturated heterocycles. The molecule has 0 aliphatic rings. The summed E-state index contributed by atoms with van der Waals surface area (Å²) in [7, 11) is 5.99. The van der Waals surface area contributed by atoms with Gasteiger partial charge in [0.1, 0.15) is 13.2 Å². The third-order valence-electron chi connectivity index (χ3n) is 16.4. The molecule has 0 aromatic heterocycles. The molecular formula is C70H138NO8+. The summed E-state index contributed by atoms with van der Waals surface area (Å²) in [5, 5.41) is 9.71. The van der Waals surface area contributed by atoms with Crippen LogP contribution < -0.4 is 0 Å². The van der Waals surface area contributed by atoms with E-state index in [9.17, 15) is 19.5 Å². The molecule has 0 aromatic carbocycles. The molecule has 0 heterocycles. The summed E-state index contributed by atoms with van der Waals surface area (Å²) < 4.78 is 22.9. The minimum Gasteiger partial charge on any atom is -0.477 e. The third kappa shape index (κ3) is 63.7. The predicted molar refractivity (Wildman–Crippen MR) is 337 cm³/mol. The smallest absolute Gasteiger partial charge is 0.361 e. The van der Waals surface area contributed by atoms with Crippen LogP contribution in [0.25, 0.3) is 0 Å². The first-order valence-corrected chi connectivity index (χ1v) is 35.2. The Morgan fingerprint density at radius 1 is 0.329 bits per heavy atom. The molecule has 0 aliphatic carbocycles. The molecule has 2 atom stereocenters. The molecule has 79 heavy (non-hydrogen) atoms. The number of unbranched alkanes of at least 4 members (excludes halogenated alkanes) is 52. The Morgan fingerprint density at radius 2 is 0.570 bits per heavy atom. The summed E-state index contributed by atoms with van der Waals surface area (Å²) in [6.07, 6.45) is 71.2. The topological polar surface area (TPSA) is 108 Å². The maximum atomic E-state index is 12.9. The highest BCUT2D eigenvalue weighted by Gasteiger charge is 2.25. The van der Waals surface area contributed by atoms with Gasteiger partial charge in [0.25, 0.3) is 6.29 Å². The molecule has 0 aliphatic heterocycles. The molecule has 0 bridgehead atoms. The lowest BCUT2D eigenvalue weighted by Crippen LogP contribution is -2.40. The van der Waals surface area contributed by atoms with Crippen LogP contribution in [0.3, 0.4) is 0 Å². The van der Waals surface area contributed by atoms with E-state index in [4.69, 9.17) is 18.9 Å². The minimum atomic E-state index is -1.50. The summed E-state index contributed by atoms with van der Waals surface area (Å²) in [4.78, 5) is 37.4. The van der Waals surface area contributed by atoms with Gasteiger partial charge in [-0.05, 0) is 12.8 Å². The average Bonchev–Trinajstić information content (AvgIpc) is 3.42. The summed E-state index contributed by atoms with van der Waals surface area (Å²) in [5.74, 6) is -1.97. The van der Waals surface area contributed by atoms with Gasteiger partial charge in [-0.15, -0.1) is 0 Å².